The Bertz CT molecular complexity index is 792. The summed E-state index contributed by atoms with van der Waals surface area (Å²) in [7, 11) is -0.893. The van der Waals surface area contributed by atoms with Gasteiger partial charge in [0.2, 0.25) is 15.9 Å². The van der Waals surface area contributed by atoms with Crippen LogP contribution in [0.2, 0.25) is 0 Å². The normalized spacial score (nSPS) is 11.5. The van der Waals surface area contributed by atoms with Crippen LogP contribution in [0, 0.1) is 5.82 Å². The van der Waals surface area contributed by atoms with Crippen molar-refractivity contribution >= 4 is 15.9 Å². The number of nitrogens with zero attached hydrogens (tertiary/aromatic N) is 2. The third-order valence-corrected chi connectivity index (χ3v) is 5.39. The van der Waals surface area contributed by atoms with Crippen LogP contribution in [0.4, 0.5) is 4.39 Å². The highest BCUT2D eigenvalue weighted by molar-refractivity contribution is 7.89. The molecule has 7 heteroatoms. The van der Waals surface area contributed by atoms with Gasteiger partial charge in [-0.15, -0.1) is 0 Å². The molecule has 0 fully saturated rings. The lowest BCUT2D eigenvalue weighted by Crippen LogP contribution is -2.39. The Morgan fingerprint density at radius 1 is 1.00 bits per heavy atom. The Labute approximate surface area is 141 Å². The van der Waals surface area contributed by atoms with Gasteiger partial charge in [-0.05, 0) is 29.8 Å². The summed E-state index contributed by atoms with van der Waals surface area (Å²) in [6.07, 6.45) is 0. The molecule has 0 atom stereocenters. The quantitative estimate of drug-likeness (QED) is 0.802. The maximum Gasteiger partial charge on any atom is 0.243 e. The maximum atomic E-state index is 12.9. The van der Waals surface area contributed by atoms with Gasteiger partial charge in [0.05, 0.1) is 11.4 Å². The molecular formula is C17H19FN2O3S. The summed E-state index contributed by atoms with van der Waals surface area (Å²) in [6, 6.07) is 13.9. The molecule has 0 radical (unpaired) electrons. The maximum absolute atomic E-state index is 12.9. The van der Waals surface area contributed by atoms with E-state index in [0.717, 1.165) is 22.0 Å². The predicted octanol–water partition coefficient (Wildman–Crippen LogP) is 2.10. The Balaban J connectivity index is 2.03. The van der Waals surface area contributed by atoms with Crippen LogP contribution in [0.3, 0.4) is 0 Å². The molecule has 0 saturated heterocycles. The standard InChI is InChI=1S/C17H19FN2O3S/c1-19(12-14-6-4-3-5-7-14)17(21)13-20(2)24(22,23)16-10-8-15(18)9-11-16/h3-11H,12-13H2,1-2H3. The Morgan fingerprint density at radius 3 is 2.17 bits per heavy atom. The van der Waals surface area contributed by atoms with Gasteiger partial charge in [0.15, 0.2) is 0 Å². The fourth-order valence-corrected chi connectivity index (χ4v) is 3.25. The average molecular weight is 350 g/mol. The number of amides is 1. The second-order valence-corrected chi connectivity index (χ2v) is 7.50. The van der Waals surface area contributed by atoms with E-state index in [0.29, 0.717) is 6.54 Å². The van der Waals surface area contributed by atoms with E-state index in [-0.39, 0.29) is 17.3 Å². The molecule has 0 unspecified atom stereocenters. The number of sulfonamides is 1. The molecule has 24 heavy (non-hydrogen) atoms. The number of halogens is 1. The van der Waals surface area contributed by atoms with Crippen molar-refractivity contribution in [3.8, 4) is 0 Å². The van der Waals surface area contributed by atoms with Crippen molar-refractivity contribution in [1.29, 1.82) is 0 Å². The number of hydrogen-bond donors (Lipinski definition) is 0. The van der Waals surface area contributed by atoms with Crippen molar-refractivity contribution in [3.63, 3.8) is 0 Å². The summed E-state index contributed by atoms with van der Waals surface area (Å²) >= 11 is 0. The van der Waals surface area contributed by atoms with Crippen molar-refractivity contribution in [2.24, 2.45) is 0 Å². The minimum atomic E-state index is -3.84. The first-order valence-corrected chi connectivity index (χ1v) is 8.74. The summed E-state index contributed by atoms with van der Waals surface area (Å²) in [5.74, 6) is -0.845. The molecule has 0 spiro atoms. The van der Waals surface area contributed by atoms with Crippen molar-refractivity contribution in [2.45, 2.75) is 11.4 Å². The second kappa shape index (κ2) is 7.55. The highest BCUT2D eigenvalue weighted by Crippen LogP contribution is 2.15. The summed E-state index contributed by atoms with van der Waals surface area (Å²) < 4.78 is 38.7. The van der Waals surface area contributed by atoms with E-state index in [1.54, 1.807) is 7.05 Å². The molecule has 2 aromatic rings. The minimum Gasteiger partial charge on any atom is -0.340 e. The van der Waals surface area contributed by atoms with E-state index in [1.165, 1.54) is 24.1 Å². The first-order valence-electron chi connectivity index (χ1n) is 7.30. The van der Waals surface area contributed by atoms with E-state index >= 15 is 0 Å². The molecule has 0 aliphatic heterocycles. The van der Waals surface area contributed by atoms with Crippen LogP contribution in [-0.2, 0) is 21.4 Å². The molecule has 0 heterocycles. The largest absolute Gasteiger partial charge is 0.340 e. The minimum absolute atomic E-state index is 0.0510. The van der Waals surface area contributed by atoms with E-state index in [2.05, 4.69) is 0 Å². The Hall–Kier alpha value is -2.25. The molecule has 0 aliphatic carbocycles. The monoisotopic (exact) mass is 350 g/mol. The number of hydrogen-bond acceptors (Lipinski definition) is 3. The highest BCUT2D eigenvalue weighted by Gasteiger charge is 2.24. The average Bonchev–Trinajstić information content (AvgIpc) is 2.56. The number of benzene rings is 2. The van der Waals surface area contributed by atoms with Gasteiger partial charge in [0.1, 0.15) is 5.82 Å². The predicted molar refractivity (Wildman–Crippen MR) is 89.1 cm³/mol. The van der Waals surface area contributed by atoms with Gasteiger partial charge in [-0.2, -0.15) is 4.31 Å². The lowest BCUT2D eigenvalue weighted by Gasteiger charge is -2.22. The molecule has 0 saturated carbocycles. The lowest BCUT2D eigenvalue weighted by atomic mass is 10.2. The zero-order valence-electron chi connectivity index (χ0n) is 13.5. The van der Waals surface area contributed by atoms with Gasteiger partial charge in [0, 0.05) is 20.6 Å². The van der Waals surface area contributed by atoms with Crippen molar-refractivity contribution in [1.82, 2.24) is 9.21 Å². The van der Waals surface area contributed by atoms with Gasteiger partial charge in [0.25, 0.3) is 0 Å². The highest BCUT2D eigenvalue weighted by atomic mass is 32.2. The van der Waals surface area contributed by atoms with Gasteiger partial charge in [-0.1, -0.05) is 30.3 Å². The van der Waals surface area contributed by atoms with Crippen molar-refractivity contribution < 1.29 is 17.6 Å². The molecule has 2 aromatic carbocycles. The molecular weight excluding hydrogens is 331 g/mol. The van der Waals surface area contributed by atoms with Crippen LogP contribution in [-0.4, -0.2) is 44.2 Å². The topological polar surface area (TPSA) is 57.7 Å². The van der Waals surface area contributed by atoms with Crippen LogP contribution in [0.25, 0.3) is 0 Å². The summed E-state index contributed by atoms with van der Waals surface area (Å²) in [5.41, 5.74) is 0.956. The van der Waals surface area contributed by atoms with Gasteiger partial charge in [-0.25, -0.2) is 12.8 Å². The summed E-state index contributed by atoms with van der Waals surface area (Å²) in [5, 5.41) is 0. The third-order valence-electron chi connectivity index (χ3n) is 3.57. The van der Waals surface area contributed by atoms with Gasteiger partial charge in [-0.3, -0.25) is 4.79 Å². The van der Waals surface area contributed by atoms with Crippen LogP contribution >= 0.6 is 0 Å². The second-order valence-electron chi connectivity index (χ2n) is 5.45. The zero-order valence-corrected chi connectivity index (χ0v) is 14.3. The fraction of sp³-hybridized carbons (Fsp3) is 0.235. The van der Waals surface area contributed by atoms with E-state index in [9.17, 15) is 17.6 Å². The Kier molecular flexibility index (Phi) is 5.69. The molecule has 0 N–H and O–H groups in total. The van der Waals surface area contributed by atoms with E-state index in [4.69, 9.17) is 0 Å². The third kappa shape index (κ3) is 4.39. The van der Waals surface area contributed by atoms with Gasteiger partial charge < -0.3 is 4.90 Å². The van der Waals surface area contributed by atoms with Crippen LogP contribution in [0.5, 0.6) is 0 Å². The molecule has 5 nitrogen and oxygen atoms in total. The van der Waals surface area contributed by atoms with Crippen LogP contribution in [0.1, 0.15) is 5.56 Å². The number of rotatable bonds is 6. The zero-order chi connectivity index (χ0) is 17.7. The van der Waals surface area contributed by atoms with E-state index < -0.39 is 15.8 Å². The lowest BCUT2D eigenvalue weighted by molar-refractivity contribution is -0.130. The molecule has 128 valence electrons. The molecule has 2 rings (SSSR count). The SMILES string of the molecule is CN(Cc1ccccc1)C(=O)CN(C)S(=O)(=O)c1ccc(F)cc1. The van der Waals surface area contributed by atoms with Crippen LogP contribution < -0.4 is 0 Å². The van der Waals surface area contributed by atoms with Crippen LogP contribution in [0.15, 0.2) is 59.5 Å². The Morgan fingerprint density at radius 2 is 1.58 bits per heavy atom. The summed E-state index contributed by atoms with van der Waals surface area (Å²) in [4.78, 5) is 13.7. The smallest absolute Gasteiger partial charge is 0.243 e. The number of likely N-dealkylation sites (N-methyl/N-ethyl adjacent to an activating group) is 2. The first kappa shape index (κ1) is 18.1. The van der Waals surface area contributed by atoms with E-state index in [1.807, 2.05) is 30.3 Å². The molecule has 1 amide bonds. The number of carbonyl (C=O) groups excluding carboxylic acids is 1. The summed E-state index contributed by atoms with van der Waals surface area (Å²) in [6.45, 7) is 0.104. The van der Waals surface area contributed by atoms with Gasteiger partial charge >= 0.3 is 0 Å². The molecule has 0 aliphatic rings. The van der Waals surface area contributed by atoms with Crippen molar-refractivity contribution in [3.05, 3.63) is 66.0 Å². The molecule has 0 bridgehead atoms. The molecule has 0 aromatic heterocycles. The number of carbonyl (C=O) groups is 1. The first-order chi connectivity index (χ1) is 11.3. The fourth-order valence-electron chi connectivity index (χ4n) is 2.13. The van der Waals surface area contributed by atoms with Crippen molar-refractivity contribution in [2.75, 3.05) is 20.6 Å².